The Balaban J connectivity index is 2.38. The second-order valence-corrected chi connectivity index (χ2v) is 3.26. The van der Waals surface area contributed by atoms with Gasteiger partial charge in [-0.1, -0.05) is 0 Å². The lowest BCUT2D eigenvalue weighted by molar-refractivity contribution is 0.130. The Labute approximate surface area is 62.8 Å². The molecule has 0 amide bonds. The second kappa shape index (κ2) is 3.35. The fraction of sp³-hybridized carbons (Fsp3) is 1.00. The van der Waals surface area contributed by atoms with E-state index in [-0.39, 0.29) is 0 Å². The molecule has 0 aliphatic carbocycles. The van der Waals surface area contributed by atoms with Crippen molar-refractivity contribution < 1.29 is 5.11 Å². The van der Waals surface area contributed by atoms with Crippen LogP contribution >= 0.6 is 0 Å². The predicted molar refractivity (Wildman–Crippen MR) is 41.9 cm³/mol. The Morgan fingerprint density at radius 1 is 1.70 bits per heavy atom. The number of aliphatic hydroxyl groups excluding tert-OH is 1. The lowest BCUT2D eigenvalue weighted by Crippen LogP contribution is -2.37. The van der Waals surface area contributed by atoms with Gasteiger partial charge in [0.1, 0.15) is 0 Å². The fourth-order valence-corrected chi connectivity index (χ4v) is 1.72. The van der Waals surface area contributed by atoms with E-state index in [0.29, 0.717) is 18.7 Å². The maximum atomic E-state index is 8.87. The van der Waals surface area contributed by atoms with Crippen molar-refractivity contribution in [2.45, 2.75) is 38.8 Å². The van der Waals surface area contributed by atoms with Gasteiger partial charge in [-0.3, -0.25) is 4.90 Å². The van der Waals surface area contributed by atoms with Gasteiger partial charge < -0.3 is 5.11 Å². The van der Waals surface area contributed by atoms with Crippen LogP contribution in [0.2, 0.25) is 0 Å². The van der Waals surface area contributed by atoms with Crippen LogP contribution < -0.4 is 0 Å². The maximum Gasteiger partial charge on any atom is 0.0584 e. The fourth-order valence-electron chi connectivity index (χ4n) is 1.72. The molecular weight excluding hydrogens is 126 g/mol. The molecule has 2 atom stereocenters. The lowest BCUT2D eigenvalue weighted by atomic mass is 10.2. The van der Waals surface area contributed by atoms with Crippen molar-refractivity contribution in [3.63, 3.8) is 0 Å². The predicted octanol–water partition coefficient (Wildman–Crippen LogP) is 0.851. The highest BCUT2D eigenvalue weighted by molar-refractivity contribution is 4.79. The average Bonchev–Trinajstić information content (AvgIpc) is 2.34. The second-order valence-electron chi connectivity index (χ2n) is 3.26. The number of rotatable bonds is 2. The zero-order chi connectivity index (χ0) is 7.56. The summed E-state index contributed by atoms with van der Waals surface area (Å²) in [6.07, 6.45) is 2.59. The van der Waals surface area contributed by atoms with Crippen molar-refractivity contribution in [2.24, 2.45) is 0 Å². The van der Waals surface area contributed by atoms with Gasteiger partial charge in [0, 0.05) is 12.1 Å². The van der Waals surface area contributed by atoms with Gasteiger partial charge in [-0.2, -0.15) is 0 Å². The molecule has 2 heteroatoms. The van der Waals surface area contributed by atoms with Crippen molar-refractivity contribution in [3.8, 4) is 0 Å². The molecule has 1 rings (SSSR count). The van der Waals surface area contributed by atoms with Gasteiger partial charge in [0.2, 0.25) is 0 Å². The average molecular weight is 143 g/mol. The minimum Gasteiger partial charge on any atom is -0.395 e. The molecule has 10 heavy (non-hydrogen) atoms. The molecule has 2 nitrogen and oxygen atoms in total. The smallest absolute Gasteiger partial charge is 0.0584 e. The highest BCUT2D eigenvalue weighted by Gasteiger charge is 2.23. The Morgan fingerprint density at radius 3 is 2.80 bits per heavy atom. The van der Waals surface area contributed by atoms with Crippen molar-refractivity contribution in [3.05, 3.63) is 0 Å². The zero-order valence-electron chi connectivity index (χ0n) is 6.88. The number of hydrogen-bond donors (Lipinski definition) is 1. The molecule has 1 aliphatic rings. The van der Waals surface area contributed by atoms with E-state index < -0.39 is 0 Å². The summed E-state index contributed by atoms with van der Waals surface area (Å²) >= 11 is 0. The first-order chi connectivity index (χ1) is 4.75. The van der Waals surface area contributed by atoms with Crippen LogP contribution in [0.4, 0.5) is 0 Å². The molecule has 60 valence electrons. The van der Waals surface area contributed by atoms with E-state index in [0.717, 1.165) is 0 Å². The van der Waals surface area contributed by atoms with Gasteiger partial charge in [-0.15, -0.1) is 0 Å². The molecule has 0 saturated carbocycles. The first-order valence-corrected chi connectivity index (χ1v) is 4.12. The molecule has 0 radical (unpaired) electrons. The van der Waals surface area contributed by atoms with Gasteiger partial charge in [-0.25, -0.2) is 0 Å². The molecule has 0 bridgehead atoms. The number of aliphatic hydroxyl groups is 1. The third-order valence-corrected chi connectivity index (χ3v) is 2.43. The van der Waals surface area contributed by atoms with Crippen LogP contribution in [-0.4, -0.2) is 35.2 Å². The minimum absolute atomic E-state index is 0.296. The monoisotopic (exact) mass is 143 g/mol. The van der Waals surface area contributed by atoms with E-state index in [1.165, 1.54) is 19.4 Å². The summed E-state index contributed by atoms with van der Waals surface area (Å²) in [5.41, 5.74) is 0. The number of likely N-dealkylation sites (tertiary alicyclic amines) is 1. The Hall–Kier alpha value is -0.0800. The summed E-state index contributed by atoms with van der Waals surface area (Å²) in [7, 11) is 0. The summed E-state index contributed by atoms with van der Waals surface area (Å²) in [5, 5.41) is 8.87. The molecule has 0 aromatic carbocycles. The zero-order valence-corrected chi connectivity index (χ0v) is 6.88. The van der Waals surface area contributed by atoms with Gasteiger partial charge in [-0.05, 0) is 33.2 Å². The number of nitrogens with zero attached hydrogens (tertiary/aromatic N) is 1. The summed E-state index contributed by atoms with van der Waals surface area (Å²) in [5.74, 6) is 0. The highest BCUT2D eigenvalue weighted by Crippen LogP contribution is 2.18. The minimum atomic E-state index is 0.296. The van der Waals surface area contributed by atoms with Crippen LogP contribution in [-0.2, 0) is 0 Å². The van der Waals surface area contributed by atoms with Crippen molar-refractivity contribution in [2.75, 3.05) is 13.2 Å². The van der Waals surface area contributed by atoms with Crippen LogP contribution in [0, 0.1) is 0 Å². The molecular formula is C8H17NO. The van der Waals surface area contributed by atoms with Crippen molar-refractivity contribution in [1.29, 1.82) is 0 Å². The summed E-state index contributed by atoms with van der Waals surface area (Å²) < 4.78 is 0. The standard InChI is InChI=1S/C8H17NO/c1-7-4-3-5-9(7)8(2)6-10/h7-8,10H,3-6H2,1-2H3/t7?,8-/m1/s1. The number of hydrogen-bond acceptors (Lipinski definition) is 2. The first-order valence-electron chi connectivity index (χ1n) is 4.12. The molecule has 1 unspecified atom stereocenters. The summed E-state index contributed by atoms with van der Waals surface area (Å²) in [6, 6.07) is 1.04. The third-order valence-electron chi connectivity index (χ3n) is 2.43. The van der Waals surface area contributed by atoms with E-state index in [4.69, 9.17) is 5.11 Å². The van der Waals surface area contributed by atoms with Crippen LogP contribution in [0.15, 0.2) is 0 Å². The van der Waals surface area contributed by atoms with Gasteiger partial charge in [0.25, 0.3) is 0 Å². The van der Waals surface area contributed by atoms with Crippen LogP contribution in [0.5, 0.6) is 0 Å². The largest absolute Gasteiger partial charge is 0.395 e. The van der Waals surface area contributed by atoms with E-state index >= 15 is 0 Å². The summed E-state index contributed by atoms with van der Waals surface area (Å²) in [6.45, 7) is 5.79. The highest BCUT2D eigenvalue weighted by atomic mass is 16.3. The molecule has 1 aliphatic heterocycles. The molecule has 1 heterocycles. The molecule has 1 fully saturated rings. The maximum absolute atomic E-state index is 8.87. The van der Waals surface area contributed by atoms with E-state index in [1.807, 2.05) is 0 Å². The van der Waals surface area contributed by atoms with E-state index in [9.17, 15) is 0 Å². The molecule has 0 aromatic heterocycles. The molecule has 1 N–H and O–H groups in total. The molecule has 1 saturated heterocycles. The Kier molecular flexibility index (Phi) is 2.69. The SMILES string of the molecule is CC1CCCN1[C@H](C)CO. The van der Waals surface area contributed by atoms with Crippen molar-refractivity contribution >= 4 is 0 Å². The third kappa shape index (κ3) is 1.50. The van der Waals surface area contributed by atoms with Gasteiger partial charge in [0.15, 0.2) is 0 Å². The van der Waals surface area contributed by atoms with Gasteiger partial charge >= 0.3 is 0 Å². The molecule has 0 aromatic rings. The normalized spacial score (nSPS) is 30.9. The van der Waals surface area contributed by atoms with Crippen LogP contribution in [0.1, 0.15) is 26.7 Å². The van der Waals surface area contributed by atoms with E-state index in [1.54, 1.807) is 0 Å². The quantitative estimate of drug-likeness (QED) is 0.619. The Bertz CT molecular complexity index is 105. The summed E-state index contributed by atoms with van der Waals surface area (Å²) in [4.78, 5) is 2.38. The first kappa shape index (κ1) is 8.02. The van der Waals surface area contributed by atoms with Gasteiger partial charge in [0.05, 0.1) is 6.61 Å². The van der Waals surface area contributed by atoms with Crippen LogP contribution in [0.25, 0.3) is 0 Å². The van der Waals surface area contributed by atoms with Crippen LogP contribution in [0.3, 0.4) is 0 Å². The Morgan fingerprint density at radius 2 is 2.40 bits per heavy atom. The topological polar surface area (TPSA) is 23.5 Å². The lowest BCUT2D eigenvalue weighted by Gasteiger charge is -2.26. The molecule has 0 spiro atoms. The van der Waals surface area contributed by atoms with E-state index in [2.05, 4.69) is 18.7 Å². The van der Waals surface area contributed by atoms with Crippen molar-refractivity contribution in [1.82, 2.24) is 4.90 Å².